The summed E-state index contributed by atoms with van der Waals surface area (Å²) in [4.78, 5) is 14.4. The molecule has 2 aromatic rings. The maximum absolute atomic E-state index is 12.0. The molecule has 0 spiro atoms. The Balaban J connectivity index is 1.54. The van der Waals surface area contributed by atoms with Crippen LogP contribution in [0.4, 0.5) is 11.4 Å². The minimum Gasteiger partial charge on any atom is -0.462 e. The highest BCUT2D eigenvalue weighted by molar-refractivity contribution is 7.80. The van der Waals surface area contributed by atoms with Gasteiger partial charge in [-0.05, 0) is 67.9 Å². The standard InChI is InChI=1S/C21H24ClN3O2S/c1-2-27-20(26)18-13-16(7-10-19(18)22)24-21(28)23-14-15-5-8-17(9-6-15)25-11-3-4-12-25/h5-10,13H,2-4,11-12,14H2,1H3,(H2,23,24,28). The average Bonchev–Trinajstić information content (AvgIpc) is 3.23. The van der Waals surface area contributed by atoms with Crippen molar-refractivity contribution in [2.45, 2.75) is 26.3 Å². The number of ether oxygens (including phenoxy) is 1. The lowest BCUT2D eigenvalue weighted by molar-refractivity contribution is 0.0526. The second kappa shape index (κ2) is 9.75. The van der Waals surface area contributed by atoms with Crippen molar-refractivity contribution in [2.24, 2.45) is 0 Å². The summed E-state index contributed by atoms with van der Waals surface area (Å²) in [7, 11) is 0. The van der Waals surface area contributed by atoms with Crippen molar-refractivity contribution in [3.05, 3.63) is 58.6 Å². The van der Waals surface area contributed by atoms with Crippen LogP contribution in [-0.4, -0.2) is 30.8 Å². The minimum absolute atomic E-state index is 0.295. The van der Waals surface area contributed by atoms with Crippen molar-refractivity contribution in [2.75, 3.05) is 29.9 Å². The smallest absolute Gasteiger partial charge is 0.339 e. The highest BCUT2D eigenvalue weighted by Gasteiger charge is 2.13. The zero-order valence-electron chi connectivity index (χ0n) is 15.8. The number of benzene rings is 2. The molecule has 3 rings (SSSR count). The first-order valence-electron chi connectivity index (χ1n) is 9.42. The summed E-state index contributed by atoms with van der Waals surface area (Å²) >= 11 is 11.4. The van der Waals surface area contributed by atoms with Gasteiger partial charge < -0.3 is 20.3 Å². The Morgan fingerprint density at radius 1 is 1.18 bits per heavy atom. The molecule has 1 saturated heterocycles. The maximum Gasteiger partial charge on any atom is 0.339 e. The van der Waals surface area contributed by atoms with E-state index in [1.54, 1.807) is 25.1 Å². The van der Waals surface area contributed by atoms with Crippen molar-refractivity contribution < 1.29 is 9.53 Å². The number of rotatable bonds is 6. The van der Waals surface area contributed by atoms with Crippen LogP contribution in [0.1, 0.15) is 35.7 Å². The van der Waals surface area contributed by atoms with Crippen LogP contribution < -0.4 is 15.5 Å². The molecule has 0 radical (unpaired) electrons. The molecule has 2 N–H and O–H groups in total. The van der Waals surface area contributed by atoms with Gasteiger partial charge in [0.05, 0.1) is 17.2 Å². The largest absolute Gasteiger partial charge is 0.462 e. The average molecular weight is 418 g/mol. The molecule has 7 heteroatoms. The predicted octanol–water partition coefficient (Wildman–Crippen LogP) is 4.60. The van der Waals surface area contributed by atoms with E-state index in [-0.39, 0.29) is 0 Å². The normalized spacial score (nSPS) is 13.3. The highest BCUT2D eigenvalue weighted by atomic mass is 35.5. The fourth-order valence-corrected chi connectivity index (χ4v) is 3.51. The summed E-state index contributed by atoms with van der Waals surface area (Å²) < 4.78 is 5.02. The molecule has 1 aliphatic heterocycles. The van der Waals surface area contributed by atoms with E-state index < -0.39 is 5.97 Å². The third-order valence-corrected chi connectivity index (χ3v) is 5.16. The fourth-order valence-electron chi connectivity index (χ4n) is 3.13. The first-order valence-corrected chi connectivity index (χ1v) is 10.2. The van der Waals surface area contributed by atoms with Gasteiger partial charge in [-0.3, -0.25) is 0 Å². The second-order valence-corrected chi connectivity index (χ2v) is 7.40. The van der Waals surface area contributed by atoms with Crippen LogP contribution in [-0.2, 0) is 11.3 Å². The van der Waals surface area contributed by atoms with Gasteiger partial charge in [0.25, 0.3) is 0 Å². The molecule has 0 amide bonds. The number of hydrogen-bond donors (Lipinski definition) is 2. The lowest BCUT2D eigenvalue weighted by Crippen LogP contribution is -2.28. The molecule has 0 aliphatic carbocycles. The van der Waals surface area contributed by atoms with E-state index in [1.165, 1.54) is 18.5 Å². The number of thiocarbonyl (C=S) groups is 1. The molecule has 0 aromatic heterocycles. The number of nitrogens with one attached hydrogen (secondary N) is 2. The molecule has 1 aliphatic rings. The third kappa shape index (κ3) is 5.36. The number of halogens is 1. The summed E-state index contributed by atoms with van der Waals surface area (Å²) in [5.41, 5.74) is 3.41. The lowest BCUT2D eigenvalue weighted by Gasteiger charge is -2.18. The quantitative estimate of drug-likeness (QED) is 0.529. The number of anilines is 2. The topological polar surface area (TPSA) is 53.6 Å². The molecule has 0 saturated carbocycles. The van der Waals surface area contributed by atoms with Crippen LogP contribution in [0.3, 0.4) is 0 Å². The van der Waals surface area contributed by atoms with Gasteiger partial charge in [-0.25, -0.2) is 4.79 Å². The van der Waals surface area contributed by atoms with Crippen molar-refractivity contribution >= 4 is 46.3 Å². The summed E-state index contributed by atoms with van der Waals surface area (Å²) in [5, 5.41) is 7.08. The van der Waals surface area contributed by atoms with Crippen molar-refractivity contribution in [1.82, 2.24) is 5.32 Å². The summed E-state index contributed by atoms with van der Waals surface area (Å²) in [5.74, 6) is -0.451. The van der Waals surface area contributed by atoms with Crippen LogP contribution >= 0.6 is 23.8 Å². The minimum atomic E-state index is -0.451. The molecule has 1 fully saturated rings. The van der Waals surface area contributed by atoms with Crippen LogP contribution in [0.25, 0.3) is 0 Å². The summed E-state index contributed by atoms with van der Waals surface area (Å²) in [6, 6.07) is 13.6. The van der Waals surface area contributed by atoms with Crippen molar-refractivity contribution in [3.8, 4) is 0 Å². The first kappa shape index (κ1) is 20.4. The van der Waals surface area contributed by atoms with Crippen molar-refractivity contribution in [3.63, 3.8) is 0 Å². The van der Waals surface area contributed by atoms with Gasteiger partial charge in [0.1, 0.15) is 0 Å². The molecule has 0 atom stereocenters. The Kier molecular flexibility index (Phi) is 7.12. The predicted molar refractivity (Wildman–Crippen MR) is 118 cm³/mol. The van der Waals surface area contributed by atoms with E-state index in [1.807, 2.05) is 0 Å². The van der Waals surface area contributed by atoms with Crippen LogP contribution in [0.15, 0.2) is 42.5 Å². The number of hydrogen-bond acceptors (Lipinski definition) is 4. The van der Waals surface area contributed by atoms with E-state index in [0.717, 1.165) is 18.7 Å². The molecule has 0 bridgehead atoms. The van der Waals surface area contributed by atoms with E-state index in [0.29, 0.717) is 34.5 Å². The monoisotopic (exact) mass is 417 g/mol. The zero-order valence-corrected chi connectivity index (χ0v) is 17.4. The molecule has 2 aromatic carbocycles. The van der Waals surface area contributed by atoms with E-state index in [9.17, 15) is 4.79 Å². The van der Waals surface area contributed by atoms with Gasteiger partial charge in [0.2, 0.25) is 0 Å². The van der Waals surface area contributed by atoms with Gasteiger partial charge >= 0.3 is 5.97 Å². The first-order chi connectivity index (χ1) is 13.6. The Morgan fingerprint density at radius 2 is 1.89 bits per heavy atom. The zero-order chi connectivity index (χ0) is 19.9. The van der Waals surface area contributed by atoms with Gasteiger partial charge in [0.15, 0.2) is 5.11 Å². The number of esters is 1. The molecule has 28 heavy (non-hydrogen) atoms. The Morgan fingerprint density at radius 3 is 2.57 bits per heavy atom. The lowest BCUT2D eigenvalue weighted by atomic mass is 10.2. The van der Waals surface area contributed by atoms with E-state index in [4.69, 9.17) is 28.6 Å². The Bertz CT molecular complexity index is 836. The Hall–Kier alpha value is -2.31. The Labute approximate surface area is 176 Å². The molecule has 148 valence electrons. The fraction of sp³-hybridized carbons (Fsp3) is 0.333. The van der Waals surface area contributed by atoms with Crippen LogP contribution in [0, 0.1) is 0 Å². The molecular formula is C21H24ClN3O2S. The third-order valence-electron chi connectivity index (χ3n) is 4.58. The maximum atomic E-state index is 12.0. The van der Waals surface area contributed by atoms with Crippen LogP contribution in [0.5, 0.6) is 0 Å². The van der Waals surface area contributed by atoms with Gasteiger partial charge in [0, 0.05) is 31.0 Å². The highest BCUT2D eigenvalue weighted by Crippen LogP contribution is 2.22. The molecule has 1 heterocycles. The van der Waals surface area contributed by atoms with Crippen molar-refractivity contribution in [1.29, 1.82) is 0 Å². The molecule has 5 nitrogen and oxygen atoms in total. The number of carbonyl (C=O) groups is 1. The summed E-state index contributed by atoms with van der Waals surface area (Å²) in [6.45, 7) is 4.94. The van der Waals surface area contributed by atoms with Crippen LogP contribution in [0.2, 0.25) is 5.02 Å². The molecular weight excluding hydrogens is 394 g/mol. The molecule has 0 unspecified atom stereocenters. The van der Waals surface area contributed by atoms with Gasteiger partial charge in [-0.2, -0.15) is 0 Å². The SMILES string of the molecule is CCOC(=O)c1cc(NC(=S)NCc2ccc(N3CCCC3)cc2)ccc1Cl. The van der Waals surface area contributed by atoms with Gasteiger partial charge in [-0.15, -0.1) is 0 Å². The van der Waals surface area contributed by atoms with E-state index >= 15 is 0 Å². The number of nitrogens with zero attached hydrogens (tertiary/aromatic N) is 1. The van der Waals surface area contributed by atoms with E-state index in [2.05, 4.69) is 39.8 Å². The number of carbonyl (C=O) groups excluding carboxylic acids is 1. The van der Waals surface area contributed by atoms with Gasteiger partial charge in [-0.1, -0.05) is 23.7 Å². The summed E-state index contributed by atoms with van der Waals surface area (Å²) in [6.07, 6.45) is 2.54. The second-order valence-electron chi connectivity index (χ2n) is 6.58.